The molecule has 1 atom stereocenters. The summed E-state index contributed by atoms with van der Waals surface area (Å²) in [7, 11) is 1.61. The summed E-state index contributed by atoms with van der Waals surface area (Å²) in [5.74, 6) is 0.740. The Labute approximate surface area is 152 Å². The van der Waals surface area contributed by atoms with Crippen molar-refractivity contribution >= 4 is 11.6 Å². The first-order valence-electron chi connectivity index (χ1n) is 8.48. The van der Waals surface area contributed by atoms with E-state index in [1.807, 2.05) is 32.0 Å². The Bertz CT molecular complexity index is 821. The van der Waals surface area contributed by atoms with E-state index in [1.165, 1.54) is 0 Å². The van der Waals surface area contributed by atoms with Crippen LogP contribution in [0.25, 0.3) is 11.3 Å². The van der Waals surface area contributed by atoms with Crippen LogP contribution in [0.5, 0.6) is 5.75 Å². The summed E-state index contributed by atoms with van der Waals surface area (Å²) in [4.78, 5) is 0. The molecule has 1 spiro atoms. The number of halogens is 1. The number of aryl methyl sites for hydroxylation is 1. The molecule has 132 valence electrons. The van der Waals surface area contributed by atoms with Crippen LogP contribution in [0.1, 0.15) is 42.6 Å². The summed E-state index contributed by atoms with van der Waals surface area (Å²) in [6.07, 6.45) is 2.89. The predicted octanol–water partition coefficient (Wildman–Crippen LogP) is 4.25. The number of benzene rings is 1. The Morgan fingerprint density at radius 2 is 2.12 bits per heavy atom. The van der Waals surface area contributed by atoms with Crippen LogP contribution in [0.2, 0.25) is 5.15 Å². The van der Waals surface area contributed by atoms with Crippen molar-refractivity contribution in [1.82, 2.24) is 10.2 Å². The zero-order valence-corrected chi connectivity index (χ0v) is 15.4. The second kappa shape index (κ2) is 6.24. The fraction of sp³-hybridized carbons (Fsp3) is 0.474. The van der Waals surface area contributed by atoms with E-state index >= 15 is 0 Å². The van der Waals surface area contributed by atoms with Gasteiger partial charge in [0.05, 0.1) is 11.7 Å². The van der Waals surface area contributed by atoms with E-state index in [0.717, 1.165) is 53.0 Å². The van der Waals surface area contributed by atoms with E-state index in [2.05, 4.69) is 10.2 Å². The molecule has 1 saturated carbocycles. The quantitative estimate of drug-likeness (QED) is 0.763. The van der Waals surface area contributed by atoms with E-state index in [4.69, 9.17) is 25.8 Å². The van der Waals surface area contributed by atoms with Crippen molar-refractivity contribution in [2.75, 3.05) is 13.9 Å². The summed E-state index contributed by atoms with van der Waals surface area (Å²) in [5, 5.41) is 9.03. The molecule has 1 unspecified atom stereocenters. The summed E-state index contributed by atoms with van der Waals surface area (Å²) >= 11 is 6.35. The van der Waals surface area contributed by atoms with Crippen LogP contribution in [0.15, 0.2) is 18.2 Å². The van der Waals surface area contributed by atoms with Gasteiger partial charge in [0.25, 0.3) is 0 Å². The number of methoxy groups -OCH3 is 1. The SMILES string of the molecule is COCOc1cc(C)ccc1-c1nnc(Cl)c2c1CC1(CC1)OC2C. The van der Waals surface area contributed by atoms with E-state index in [9.17, 15) is 0 Å². The lowest BCUT2D eigenvalue weighted by Crippen LogP contribution is -2.28. The van der Waals surface area contributed by atoms with Gasteiger partial charge in [-0.1, -0.05) is 17.7 Å². The average Bonchev–Trinajstić information content (AvgIpc) is 3.32. The molecule has 0 saturated heterocycles. The van der Waals surface area contributed by atoms with Gasteiger partial charge in [-0.05, 0) is 49.9 Å². The Balaban J connectivity index is 1.86. The number of fused-ring (bicyclic) bond motifs is 1. The number of nitrogens with zero attached hydrogens (tertiary/aromatic N) is 2. The van der Waals surface area contributed by atoms with E-state index < -0.39 is 0 Å². The molecule has 1 fully saturated rings. The molecule has 1 aromatic heterocycles. The zero-order chi connectivity index (χ0) is 17.6. The van der Waals surface area contributed by atoms with Crippen LogP contribution >= 0.6 is 11.6 Å². The topological polar surface area (TPSA) is 53.5 Å². The fourth-order valence-corrected chi connectivity index (χ4v) is 3.87. The highest BCUT2D eigenvalue weighted by molar-refractivity contribution is 6.30. The molecule has 0 bridgehead atoms. The van der Waals surface area contributed by atoms with E-state index in [-0.39, 0.29) is 18.5 Å². The van der Waals surface area contributed by atoms with E-state index in [1.54, 1.807) is 7.11 Å². The average molecular weight is 361 g/mol. The van der Waals surface area contributed by atoms with E-state index in [0.29, 0.717) is 5.15 Å². The van der Waals surface area contributed by atoms with Gasteiger partial charge in [-0.15, -0.1) is 10.2 Å². The monoisotopic (exact) mass is 360 g/mol. The Morgan fingerprint density at radius 1 is 1.32 bits per heavy atom. The highest BCUT2D eigenvalue weighted by atomic mass is 35.5. The minimum Gasteiger partial charge on any atom is -0.467 e. The van der Waals surface area contributed by atoms with Gasteiger partial charge in [-0.3, -0.25) is 0 Å². The van der Waals surface area contributed by atoms with Gasteiger partial charge in [0.2, 0.25) is 0 Å². The maximum atomic E-state index is 6.35. The molecule has 2 aliphatic rings. The molecule has 2 aromatic rings. The lowest BCUT2D eigenvalue weighted by atomic mass is 9.91. The number of ether oxygens (including phenoxy) is 3. The molecular formula is C19H21ClN2O3. The second-order valence-corrected chi connectivity index (χ2v) is 7.26. The number of hydrogen-bond acceptors (Lipinski definition) is 5. The third kappa shape index (κ3) is 3.01. The molecule has 0 radical (unpaired) electrons. The molecular weight excluding hydrogens is 340 g/mol. The first kappa shape index (κ1) is 16.8. The van der Waals surface area contributed by atoms with Crippen LogP contribution in [0, 0.1) is 6.92 Å². The van der Waals surface area contributed by atoms with Crippen molar-refractivity contribution < 1.29 is 14.2 Å². The van der Waals surface area contributed by atoms with Gasteiger partial charge in [-0.2, -0.15) is 0 Å². The third-order valence-corrected chi connectivity index (χ3v) is 5.21. The Hall–Kier alpha value is -1.69. The maximum Gasteiger partial charge on any atom is 0.188 e. The minimum atomic E-state index is -0.0817. The van der Waals surface area contributed by atoms with Crippen molar-refractivity contribution in [3.05, 3.63) is 40.0 Å². The summed E-state index contributed by atoms with van der Waals surface area (Å²) in [6.45, 7) is 4.25. The van der Waals surface area contributed by atoms with Crippen molar-refractivity contribution in [2.45, 2.75) is 44.8 Å². The van der Waals surface area contributed by atoms with Crippen molar-refractivity contribution in [3.63, 3.8) is 0 Å². The summed E-state index contributed by atoms with van der Waals surface area (Å²) in [6, 6.07) is 6.07. The van der Waals surface area contributed by atoms with Crippen molar-refractivity contribution in [3.8, 4) is 17.0 Å². The molecule has 4 rings (SSSR count). The molecule has 5 nitrogen and oxygen atoms in total. The number of hydrogen-bond donors (Lipinski definition) is 0. The van der Waals surface area contributed by atoms with Crippen LogP contribution in [0.4, 0.5) is 0 Å². The smallest absolute Gasteiger partial charge is 0.188 e. The van der Waals surface area contributed by atoms with Gasteiger partial charge in [0.15, 0.2) is 11.9 Å². The molecule has 25 heavy (non-hydrogen) atoms. The molecule has 1 aromatic carbocycles. The van der Waals surface area contributed by atoms with Crippen molar-refractivity contribution in [1.29, 1.82) is 0 Å². The molecule has 2 heterocycles. The van der Waals surface area contributed by atoms with Gasteiger partial charge < -0.3 is 14.2 Å². The molecule has 0 N–H and O–H groups in total. The highest BCUT2D eigenvalue weighted by Crippen LogP contribution is 2.52. The number of rotatable bonds is 4. The first-order valence-corrected chi connectivity index (χ1v) is 8.86. The van der Waals surface area contributed by atoms with Gasteiger partial charge in [0, 0.05) is 24.7 Å². The molecule has 0 amide bonds. The normalized spacial score (nSPS) is 20.4. The van der Waals surface area contributed by atoms with Crippen molar-refractivity contribution in [2.24, 2.45) is 0 Å². The lowest BCUT2D eigenvalue weighted by Gasteiger charge is -2.32. The summed E-state index contributed by atoms with van der Waals surface area (Å²) < 4.78 is 17.0. The largest absolute Gasteiger partial charge is 0.467 e. The summed E-state index contributed by atoms with van der Waals surface area (Å²) in [5.41, 5.74) is 4.87. The fourth-order valence-electron chi connectivity index (χ4n) is 3.57. The van der Waals surface area contributed by atoms with Crippen LogP contribution in [0.3, 0.4) is 0 Å². The van der Waals surface area contributed by atoms with Crippen LogP contribution < -0.4 is 4.74 Å². The van der Waals surface area contributed by atoms with Gasteiger partial charge in [0.1, 0.15) is 11.4 Å². The zero-order valence-electron chi connectivity index (χ0n) is 14.6. The Kier molecular flexibility index (Phi) is 4.18. The maximum absolute atomic E-state index is 6.35. The van der Waals surface area contributed by atoms with Crippen LogP contribution in [-0.4, -0.2) is 29.7 Å². The molecule has 1 aliphatic carbocycles. The highest BCUT2D eigenvalue weighted by Gasteiger charge is 2.50. The van der Waals surface area contributed by atoms with Gasteiger partial charge >= 0.3 is 0 Å². The predicted molar refractivity (Wildman–Crippen MR) is 94.9 cm³/mol. The minimum absolute atomic E-state index is 0.0498. The van der Waals surface area contributed by atoms with Crippen LogP contribution in [-0.2, 0) is 15.9 Å². The first-order chi connectivity index (χ1) is 12.0. The lowest BCUT2D eigenvalue weighted by molar-refractivity contribution is -0.0342. The third-order valence-electron chi connectivity index (χ3n) is 4.94. The molecule has 6 heteroatoms. The standard InChI is InChI=1S/C19H21ClN2O3/c1-11-4-5-13(15(8-11)24-10-23-3)17-14-9-19(6-7-19)25-12(2)16(14)18(20)22-21-17/h4-5,8,12H,6-7,9-10H2,1-3H3. The number of aromatic nitrogens is 2. The Morgan fingerprint density at radius 3 is 2.84 bits per heavy atom. The molecule has 1 aliphatic heterocycles. The second-order valence-electron chi connectivity index (χ2n) is 6.90. The van der Waals surface area contributed by atoms with Gasteiger partial charge in [-0.25, -0.2) is 0 Å².